The lowest BCUT2D eigenvalue weighted by molar-refractivity contribution is 0.545. The molecule has 0 saturated carbocycles. The van der Waals surface area contributed by atoms with Gasteiger partial charge in [-0.2, -0.15) is 11.8 Å². The quantitative estimate of drug-likeness (QED) is 0.771. The van der Waals surface area contributed by atoms with Crippen LogP contribution in [0.3, 0.4) is 0 Å². The summed E-state index contributed by atoms with van der Waals surface area (Å²) in [5, 5.41) is 3.44. The number of likely N-dealkylation sites (N-methyl/N-ethyl adjacent to an activating group) is 1. The molecule has 0 aromatic heterocycles. The molecule has 1 atom stereocenters. The normalized spacial score (nSPS) is 12.9. The molecule has 0 amide bonds. The minimum atomic E-state index is -0.0886. The molecular formula is C15H24FNS. The highest BCUT2D eigenvalue weighted by Gasteiger charge is 2.11. The Morgan fingerprint density at radius 3 is 2.56 bits per heavy atom. The maximum atomic E-state index is 13.6. The molecule has 0 fully saturated rings. The summed E-state index contributed by atoms with van der Waals surface area (Å²) >= 11 is 1.95. The maximum absolute atomic E-state index is 13.6. The minimum absolute atomic E-state index is 0.0886. The van der Waals surface area contributed by atoms with Gasteiger partial charge in [0.05, 0.1) is 0 Å². The summed E-state index contributed by atoms with van der Waals surface area (Å²) < 4.78 is 13.6. The highest BCUT2D eigenvalue weighted by atomic mass is 32.2. The van der Waals surface area contributed by atoms with Gasteiger partial charge in [0.2, 0.25) is 0 Å². The van der Waals surface area contributed by atoms with Crippen molar-refractivity contribution in [3.05, 3.63) is 35.6 Å². The zero-order chi connectivity index (χ0) is 13.4. The molecule has 0 bridgehead atoms. The monoisotopic (exact) mass is 269 g/mol. The molecule has 18 heavy (non-hydrogen) atoms. The highest BCUT2D eigenvalue weighted by molar-refractivity contribution is 7.99. The lowest BCUT2D eigenvalue weighted by atomic mass is 10.1. The van der Waals surface area contributed by atoms with Gasteiger partial charge in [0.25, 0.3) is 0 Å². The van der Waals surface area contributed by atoms with Crippen molar-refractivity contribution in [3.8, 4) is 0 Å². The average molecular weight is 269 g/mol. The molecule has 1 unspecified atom stereocenters. The Morgan fingerprint density at radius 1 is 1.22 bits per heavy atom. The smallest absolute Gasteiger partial charge is 0.126 e. The largest absolute Gasteiger partial charge is 0.313 e. The topological polar surface area (TPSA) is 12.0 Å². The first kappa shape index (κ1) is 15.5. The molecule has 0 spiro atoms. The van der Waals surface area contributed by atoms with Crippen LogP contribution >= 0.6 is 11.8 Å². The van der Waals surface area contributed by atoms with E-state index in [9.17, 15) is 4.39 Å². The number of hydrogen-bond acceptors (Lipinski definition) is 2. The van der Waals surface area contributed by atoms with Crippen molar-refractivity contribution in [2.75, 3.05) is 18.1 Å². The van der Waals surface area contributed by atoms with Crippen LogP contribution in [0.15, 0.2) is 24.3 Å². The van der Waals surface area contributed by atoms with E-state index in [2.05, 4.69) is 26.1 Å². The van der Waals surface area contributed by atoms with Crippen molar-refractivity contribution in [2.24, 2.45) is 5.92 Å². The number of hydrogen-bond donors (Lipinski definition) is 1. The van der Waals surface area contributed by atoms with Crippen molar-refractivity contribution in [1.29, 1.82) is 0 Å². The highest BCUT2D eigenvalue weighted by Crippen LogP contribution is 2.14. The van der Waals surface area contributed by atoms with Gasteiger partial charge in [0.15, 0.2) is 0 Å². The van der Waals surface area contributed by atoms with Gasteiger partial charge in [0, 0.05) is 11.8 Å². The van der Waals surface area contributed by atoms with Crippen LogP contribution in [0.25, 0.3) is 0 Å². The molecule has 0 aliphatic rings. The van der Waals surface area contributed by atoms with Gasteiger partial charge in [-0.3, -0.25) is 0 Å². The Bertz CT molecular complexity index is 341. The van der Waals surface area contributed by atoms with E-state index in [4.69, 9.17) is 0 Å². The van der Waals surface area contributed by atoms with Gasteiger partial charge in [-0.25, -0.2) is 4.39 Å². The van der Waals surface area contributed by atoms with Gasteiger partial charge < -0.3 is 5.32 Å². The minimum Gasteiger partial charge on any atom is -0.313 e. The number of halogens is 1. The summed E-state index contributed by atoms with van der Waals surface area (Å²) in [7, 11) is 0. The molecule has 0 heterocycles. The van der Waals surface area contributed by atoms with Gasteiger partial charge in [-0.15, -0.1) is 0 Å². The fraction of sp³-hybridized carbons (Fsp3) is 0.600. The molecule has 0 aliphatic heterocycles. The maximum Gasteiger partial charge on any atom is 0.126 e. The van der Waals surface area contributed by atoms with Crippen molar-refractivity contribution in [1.82, 2.24) is 5.32 Å². The fourth-order valence-electron chi connectivity index (χ4n) is 1.85. The first-order valence-corrected chi connectivity index (χ1v) is 7.83. The van der Waals surface area contributed by atoms with E-state index in [0.717, 1.165) is 24.3 Å². The molecule has 1 rings (SSSR count). The second-order valence-corrected chi connectivity index (χ2v) is 6.06. The van der Waals surface area contributed by atoms with Crippen LogP contribution in [0.5, 0.6) is 0 Å². The zero-order valence-corrected chi connectivity index (χ0v) is 12.4. The summed E-state index contributed by atoms with van der Waals surface area (Å²) in [5.41, 5.74) is 0.814. The molecule has 3 heteroatoms. The fourth-order valence-corrected chi connectivity index (χ4v) is 2.98. The van der Waals surface area contributed by atoms with Crippen molar-refractivity contribution in [3.63, 3.8) is 0 Å². The van der Waals surface area contributed by atoms with Crippen molar-refractivity contribution < 1.29 is 4.39 Å². The van der Waals surface area contributed by atoms with E-state index in [0.29, 0.717) is 12.0 Å². The summed E-state index contributed by atoms with van der Waals surface area (Å²) in [4.78, 5) is 0. The third-order valence-corrected chi connectivity index (χ3v) is 4.23. The first-order valence-electron chi connectivity index (χ1n) is 6.68. The summed E-state index contributed by atoms with van der Waals surface area (Å²) in [6.45, 7) is 7.49. The van der Waals surface area contributed by atoms with E-state index < -0.39 is 0 Å². The number of benzene rings is 1. The number of nitrogens with one attached hydrogen (secondary N) is 1. The molecule has 0 radical (unpaired) electrons. The first-order chi connectivity index (χ1) is 8.63. The molecule has 102 valence electrons. The summed E-state index contributed by atoms with van der Waals surface area (Å²) in [6, 6.07) is 7.43. The Morgan fingerprint density at radius 2 is 1.94 bits per heavy atom. The van der Waals surface area contributed by atoms with E-state index in [-0.39, 0.29) is 5.82 Å². The zero-order valence-electron chi connectivity index (χ0n) is 11.6. The third-order valence-electron chi connectivity index (χ3n) is 2.69. The molecule has 1 aromatic carbocycles. The van der Waals surface area contributed by atoms with E-state index in [1.807, 2.05) is 23.9 Å². The molecular weight excluding hydrogens is 245 g/mol. The van der Waals surface area contributed by atoms with E-state index >= 15 is 0 Å². The molecule has 0 aliphatic carbocycles. The second-order valence-electron chi connectivity index (χ2n) is 4.98. The Labute approximate surface area is 115 Å². The van der Waals surface area contributed by atoms with Crippen LogP contribution in [0.2, 0.25) is 0 Å². The summed E-state index contributed by atoms with van der Waals surface area (Å²) in [6.07, 6.45) is 0.769. The van der Waals surface area contributed by atoms with Crippen LogP contribution in [-0.4, -0.2) is 24.1 Å². The van der Waals surface area contributed by atoms with Crippen LogP contribution in [-0.2, 0) is 6.42 Å². The predicted octanol–water partition coefficient (Wildman–Crippen LogP) is 3.74. The van der Waals surface area contributed by atoms with Crippen LogP contribution in [0, 0.1) is 11.7 Å². The van der Waals surface area contributed by atoms with Crippen LogP contribution in [0.1, 0.15) is 26.3 Å². The number of rotatable bonds is 8. The van der Waals surface area contributed by atoms with Gasteiger partial charge in [-0.05, 0) is 36.3 Å². The molecule has 1 aromatic rings. The van der Waals surface area contributed by atoms with Gasteiger partial charge in [-0.1, -0.05) is 39.0 Å². The van der Waals surface area contributed by atoms with Gasteiger partial charge >= 0.3 is 0 Å². The Hall–Kier alpha value is -0.540. The van der Waals surface area contributed by atoms with Gasteiger partial charge in [0.1, 0.15) is 5.82 Å². The van der Waals surface area contributed by atoms with Crippen molar-refractivity contribution >= 4 is 11.8 Å². The standard InChI is InChI=1S/C15H24FNS/c1-4-17-14(11-18-10-12(2)3)9-13-7-5-6-8-15(13)16/h5-8,12,14,17H,4,9-11H2,1-3H3. The van der Waals surface area contributed by atoms with E-state index in [1.54, 1.807) is 12.1 Å². The Balaban J connectivity index is 2.49. The van der Waals surface area contributed by atoms with Crippen LogP contribution < -0.4 is 5.32 Å². The lowest BCUT2D eigenvalue weighted by Crippen LogP contribution is -2.33. The predicted molar refractivity (Wildman–Crippen MR) is 79.7 cm³/mol. The van der Waals surface area contributed by atoms with Crippen molar-refractivity contribution in [2.45, 2.75) is 33.2 Å². The lowest BCUT2D eigenvalue weighted by Gasteiger charge is -2.18. The third kappa shape index (κ3) is 5.87. The second kappa shape index (κ2) is 8.54. The molecule has 1 N–H and O–H groups in total. The van der Waals surface area contributed by atoms with E-state index in [1.165, 1.54) is 5.75 Å². The molecule has 0 saturated heterocycles. The van der Waals surface area contributed by atoms with Crippen LogP contribution in [0.4, 0.5) is 4.39 Å². The average Bonchev–Trinajstić information content (AvgIpc) is 2.32. The summed E-state index contributed by atoms with van der Waals surface area (Å²) in [5.74, 6) is 2.83. The SMILES string of the molecule is CCNC(CSCC(C)C)Cc1ccccc1F. The molecule has 1 nitrogen and oxygen atoms in total. The Kier molecular flexibility index (Phi) is 7.36. The number of thioether (sulfide) groups is 1.